The Kier molecular flexibility index (Phi) is 4.55. The van der Waals surface area contributed by atoms with E-state index in [0.717, 1.165) is 28.4 Å². The summed E-state index contributed by atoms with van der Waals surface area (Å²) in [6.07, 6.45) is 5.30. The van der Waals surface area contributed by atoms with Gasteiger partial charge in [0.1, 0.15) is 5.52 Å². The predicted molar refractivity (Wildman–Crippen MR) is 105 cm³/mol. The molecule has 0 bridgehead atoms. The van der Waals surface area contributed by atoms with Gasteiger partial charge in [0.05, 0.1) is 6.21 Å². The van der Waals surface area contributed by atoms with Crippen LogP contribution < -0.4 is 5.43 Å². The van der Waals surface area contributed by atoms with Crippen molar-refractivity contribution in [3.63, 3.8) is 0 Å². The number of anilines is 1. The van der Waals surface area contributed by atoms with Crippen molar-refractivity contribution in [3.8, 4) is 0 Å². The number of aromatic amines is 1. The van der Waals surface area contributed by atoms with Crippen molar-refractivity contribution in [2.75, 3.05) is 5.43 Å². The summed E-state index contributed by atoms with van der Waals surface area (Å²) in [4.78, 5) is 7.68. The Balaban J connectivity index is 1.47. The maximum absolute atomic E-state index is 4.44. The summed E-state index contributed by atoms with van der Waals surface area (Å²) in [7, 11) is 0. The van der Waals surface area contributed by atoms with Crippen LogP contribution in [0.5, 0.6) is 0 Å². The lowest BCUT2D eigenvalue weighted by atomic mass is 10.1. The fraction of sp³-hybridized carbons (Fsp3) is 0.200. The zero-order chi connectivity index (χ0) is 17.8. The van der Waals surface area contributed by atoms with E-state index in [9.17, 15) is 0 Å². The third-order valence-corrected chi connectivity index (χ3v) is 4.30. The number of benzene rings is 2. The van der Waals surface area contributed by atoms with Crippen LogP contribution in [0.2, 0.25) is 0 Å². The lowest BCUT2D eigenvalue weighted by Crippen LogP contribution is -1.99. The fourth-order valence-corrected chi connectivity index (χ4v) is 2.88. The minimum absolute atomic E-state index is 0.361. The SMILES string of the molecule is CCCCc1ccc(/C=N/Nc2nnc3c(n2)[nH]c2ccccc23)cc1. The molecular weight excluding hydrogens is 324 g/mol. The van der Waals surface area contributed by atoms with E-state index in [0.29, 0.717) is 11.6 Å². The van der Waals surface area contributed by atoms with E-state index >= 15 is 0 Å². The summed E-state index contributed by atoms with van der Waals surface area (Å²) in [6, 6.07) is 16.4. The molecule has 26 heavy (non-hydrogen) atoms. The largest absolute Gasteiger partial charge is 0.338 e. The Morgan fingerprint density at radius 1 is 1.08 bits per heavy atom. The van der Waals surface area contributed by atoms with Crippen molar-refractivity contribution < 1.29 is 0 Å². The Bertz CT molecular complexity index is 1050. The molecule has 0 radical (unpaired) electrons. The van der Waals surface area contributed by atoms with Gasteiger partial charge in [-0.15, -0.1) is 10.2 Å². The van der Waals surface area contributed by atoms with Gasteiger partial charge in [-0.1, -0.05) is 55.8 Å². The first-order valence-electron chi connectivity index (χ1n) is 8.82. The number of H-pyrrole nitrogens is 1. The lowest BCUT2D eigenvalue weighted by molar-refractivity contribution is 0.795. The first kappa shape index (κ1) is 16.2. The quantitative estimate of drug-likeness (QED) is 0.404. The highest BCUT2D eigenvalue weighted by Crippen LogP contribution is 2.21. The first-order chi connectivity index (χ1) is 12.8. The molecule has 130 valence electrons. The number of fused-ring (bicyclic) bond motifs is 3. The summed E-state index contributed by atoms with van der Waals surface area (Å²) in [6.45, 7) is 2.21. The van der Waals surface area contributed by atoms with Gasteiger partial charge in [0.25, 0.3) is 5.95 Å². The molecule has 0 aliphatic rings. The number of hydrogen-bond donors (Lipinski definition) is 2. The normalized spacial score (nSPS) is 11.6. The number of aryl methyl sites for hydroxylation is 1. The summed E-state index contributed by atoms with van der Waals surface area (Å²) >= 11 is 0. The molecule has 0 saturated carbocycles. The summed E-state index contributed by atoms with van der Waals surface area (Å²) in [5.41, 5.74) is 7.67. The maximum atomic E-state index is 4.44. The monoisotopic (exact) mass is 344 g/mol. The molecule has 0 unspecified atom stereocenters. The number of aromatic nitrogens is 4. The Labute approximate surface area is 151 Å². The van der Waals surface area contributed by atoms with E-state index < -0.39 is 0 Å². The summed E-state index contributed by atoms with van der Waals surface area (Å²) < 4.78 is 0. The van der Waals surface area contributed by atoms with Crippen molar-refractivity contribution >= 4 is 34.2 Å². The fourth-order valence-electron chi connectivity index (χ4n) is 2.88. The average molecular weight is 344 g/mol. The number of nitrogens with zero attached hydrogens (tertiary/aromatic N) is 4. The van der Waals surface area contributed by atoms with Crippen LogP contribution in [0.4, 0.5) is 5.95 Å². The minimum Gasteiger partial charge on any atom is -0.338 e. The topological polar surface area (TPSA) is 78.8 Å². The smallest absolute Gasteiger partial charge is 0.265 e. The number of hydrogen-bond acceptors (Lipinski definition) is 5. The minimum atomic E-state index is 0.361. The van der Waals surface area contributed by atoms with Gasteiger partial charge in [-0.2, -0.15) is 10.1 Å². The molecule has 2 N–H and O–H groups in total. The molecule has 0 aliphatic heterocycles. The van der Waals surface area contributed by atoms with Crippen LogP contribution in [0, 0.1) is 0 Å². The molecule has 2 aromatic carbocycles. The molecule has 4 rings (SSSR count). The number of unbranched alkanes of at least 4 members (excludes halogenated alkanes) is 1. The Morgan fingerprint density at radius 2 is 1.92 bits per heavy atom. The van der Waals surface area contributed by atoms with Crippen molar-refractivity contribution in [2.24, 2.45) is 5.10 Å². The van der Waals surface area contributed by atoms with E-state index in [4.69, 9.17) is 0 Å². The van der Waals surface area contributed by atoms with Crippen LogP contribution in [-0.4, -0.2) is 26.4 Å². The lowest BCUT2D eigenvalue weighted by Gasteiger charge is -2.00. The first-order valence-corrected chi connectivity index (χ1v) is 8.82. The third kappa shape index (κ3) is 3.39. The van der Waals surface area contributed by atoms with Crippen LogP contribution in [0.25, 0.3) is 22.1 Å². The van der Waals surface area contributed by atoms with Crippen LogP contribution in [0.15, 0.2) is 53.6 Å². The molecule has 0 amide bonds. The highest BCUT2D eigenvalue weighted by atomic mass is 15.4. The highest BCUT2D eigenvalue weighted by molar-refractivity contribution is 6.03. The molecule has 0 atom stereocenters. The number of nitrogens with one attached hydrogen (secondary N) is 2. The molecular formula is C20H20N6. The van der Waals surface area contributed by atoms with E-state index in [1.807, 2.05) is 24.3 Å². The van der Waals surface area contributed by atoms with Crippen LogP contribution in [-0.2, 0) is 6.42 Å². The van der Waals surface area contributed by atoms with Gasteiger partial charge in [0.2, 0.25) is 0 Å². The van der Waals surface area contributed by atoms with Gasteiger partial charge in [-0.05, 0) is 30.0 Å². The second-order valence-electron chi connectivity index (χ2n) is 6.22. The second kappa shape index (κ2) is 7.31. The van der Waals surface area contributed by atoms with E-state index in [-0.39, 0.29) is 0 Å². The summed E-state index contributed by atoms with van der Waals surface area (Å²) in [5.74, 6) is 0.361. The van der Waals surface area contributed by atoms with Crippen LogP contribution in [0.3, 0.4) is 0 Å². The van der Waals surface area contributed by atoms with Crippen molar-refractivity contribution in [1.82, 2.24) is 20.2 Å². The van der Waals surface area contributed by atoms with E-state index in [1.54, 1.807) is 6.21 Å². The third-order valence-electron chi connectivity index (χ3n) is 4.30. The molecule has 4 aromatic rings. The molecule has 2 heterocycles. The number of hydrazone groups is 1. The maximum Gasteiger partial charge on any atom is 0.265 e. The van der Waals surface area contributed by atoms with Gasteiger partial charge in [0, 0.05) is 10.9 Å². The molecule has 0 fully saturated rings. The second-order valence-corrected chi connectivity index (χ2v) is 6.22. The molecule has 6 nitrogen and oxygen atoms in total. The van der Waals surface area contributed by atoms with Crippen molar-refractivity contribution in [2.45, 2.75) is 26.2 Å². The Morgan fingerprint density at radius 3 is 2.77 bits per heavy atom. The number of para-hydroxylation sites is 1. The summed E-state index contributed by atoms with van der Waals surface area (Å²) in [5, 5.41) is 13.6. The molecule has 6 heteroatoms. The van der Waals surface area contributed by atoms with E-state index in [1.165, 1.54) is 18.4 Å². The zero-order valence-corrected chi connectivity index (χ0v) is 14.6. The van der Waals surface area contributed by atoms with Crippen LogP contribution in [0.1, 0.15) is 30.9 Å². The van der Waals surface area contributed by atoms with Crippen molar-refractivity contribution in [1.29, 1.82) is 0 Å². The number of rotatable bonds is 6. The van der Waals surface area contributed by atoms with Gasteiger partial charge in [-0.25, -0.2) is 5.43 Å². The van der Waals surface area contributed by atoms with Gasteiger partial charge >= 0.3 is 0 Å². The van der Waals surface area contributed by atoms with Gasteiger partial charge in [0.15, 0.2) is 5.65 Å². The average Bonchev–Trinajstić information content (AvgIpc) is 3.05. The predicted octanol–water partition coefficient (Wildman–Crippen LogP) is 4.29. The molecule has 0 spiro atoms. The molecule has 2 aromatic heterocycles. The highest BCUT2D eigenvalue weighted by Gasteiger charge is 2.07. The van der Waals surface area contributed by atoms with Crippen molar-refractivity contribution in [3.05, 3.63) is 59.7 Å². The molecule has 0 aliphatic carbocycles. The van der Waals surface area contributed by atoms with Crippen LogP contribution >= 0.6 is 0 Å². The standard InChI is InChI=1S/C20H20N6/c1-2-3-6-14-9-11-15(12-10-14)13-21-25-20-23-19-18(24-26-20)16-7-4-5-8-17(16)22-19/h4-5,7-13H,2-3,6H2,1H3,(H2,22,23,25,26)/b21-13+. The van der Waals surface area contributed by atoms with Gasteiger partial charge < -0.3 is 4.98 Å². The van der Waals surface area contributed by atoms with Gasteiger partial charge in [-0.3, -0.25) is 0 Å². The Hall–Kier alpha value is -3.28. The molecule has 0 saturated heterocycles. The van der Waals surface area contributed by atoms with E-state index in [2.05, 4.69) is 61.9 Å². The zero-order valence-electron chi connectivity index (χ0n) is 14.6.